The number of thiazole rings is 1. The summed E-state index contributed by atoms with van der Waals surface area (Å²) in [5, 5.41) is 11.1. The minimum atomic E-state index is -0.684. The molecule has 1 heterocycles. The molecule has 9 heteroatoms. The summed E-state index contributed by atoms with van der Waals surface area (Å²) in [5.41, 5.74) is 0.524. The molecule has 0 N–H and O–H groups in total. The first-order valence-corrected chi connectivity index (χ1v) is 9.36. The molecule has 1 aromatic heterocycles. The van der Waals surface area contributed by atoms with Crippen LogP contribution in [0.4, 0.5) is 5.69 Å². The van der Waals surface area contributed by atoms with Crippen LogP contribution in [0, 0.1) is 22.5 Å². The lowest BCUT2D eigenvalue weighted by molar-refractivity contribution is -0.384. The second-order valence-corrected chi connectivity index (χ2v) is 6.99. The molecule has 2 aromatic carbocycles. The summed E-state index contributed by atoms with van der Waals surface area (Å²) in [4.78, 5) is 27.5. The molecule has 0 radical (unpaired) electrons. The molecule has 0 aliphatic rings. The Labute approximate surface area is 169 Å². The molecule has 3 aromatic rings. The molecule has 0 saturated heterocycles. The van der Waals surface area contributed by atoms with Crippen LogP contribution in [0.2, 0.25) is 5.02 Å². The van der Waals surface area contributed by atoms with Crippen molar-refractivity contribution in [3.05, 3.63) is 61.9 Å². The van der Waals surface area contributed by atoms with Gasteiger partial charge < -0.3 is 9.30 Å². The Morgan fingerprint density at radius 2 is 2.18 bits per heavy atom. The molecule has 0 aliphatic heterocycles. The second-order valence-electron chi connectivity index (χ2n) is 5.58. The third-order valence-electron chi connectivity index (χ3n) is 3.80. The van der Waals surface area contributed by atoms with Crippen LogP contribution in [0.25, 0.3) is 10.2 Å². The number of carbonyl (C=O) groups is 1. The molecular formula is C19H14ClN3O4S. The summed E-state index contributed by atoms with van der Waals surface area (Å²) in [5.74, 6) is 2.56. The van der Waals surface area contributed by atoms with Gasteiger partial charge in [0.25, 0.3) is 11.6 Å². The van der Waals surface area contributed by atoms with Crippen molar-refractivity contribution in [2.24, 2.45) is 4.99 Å². The van der Waals surface area contributed by atoms with Crippen molar-refractivity contribution in [1.29, 1.82) is 0 Å². The highest BCUT2D eigenvalue weighted by Gasteiger charge is 2.16. The summed E-state index contributed by atoms with van der Waals surface area (Å²) in [7, 11) is 0. The number of nitro benzene ring substituents is 1. The largest absolute Gasteiger partial charge is 0.494 e. The molecule has 7 nitrogen and oxygen atoms in total. The van der Waals surface area contributed by atoms with Gasteiger partial charge in [0.1, 0.15) is 5.75 Å². The summed E-state index contributed by atoms with van der Waals surface area (Å²) in [6.45, 7) is 2.63. The van der Waals surface area contributed by atoms with Crippen LogP contribution < -0.4 is 9.54 Å². The second kappa shape index (κ2) is 8.25. The molecule has 142 valence electrons. The number of carbonyl (C=O) groups excluding carboxylic acids is 1. The molecule has 1 amide bonds. The molecule has 0 aliphatic carbocycles. The van der Waals surface area contributed by atoms with Gasteiger partial charge in [0.15, 0.2) is 4.80 Å². The van der Waals surface area contributed by atoms with Crippen molar-refractivity contribution in [3.8, 4) is 18.1 Å². The Balaban J connectivity index is 2.14. The molecule has 0 atom stereocenters. The third-order valence-corrected chi connectivity index (χ3v) is 5.17. The number of fused-ring (bicyclic) bond motifs is 1. The van der Waals surface area contributed by atoms with E-state index < -0.39 is 10.8 Å². The summed E-state index contributed by atoms with van der Waals surface area (Å²) >= 11 is 7.31. The van der Waals surface area contributed by atoms with Crippen LogP contribution in [0.3, 0.4) is 0 Å². The molecule has 0 unspecified atom stereocenters. The average Bonchev–Trinajstić information content (AvgIpc) is 2.99. The van der Waals surface area contributed by atoms with E-state index in [1.165, 1.54) is 23.5 Å². The van der Waals surface area contributed by atoms with Crippen molar-refractivity contribution in [2.75, 3.05) is 6.61 Å². The summed E-state index contributed by atoms with van der Waals surface area (Å²) in [6.07, 6.45) is 5.46. The van der Waals surface area contributed by atoms with E-state index >= 15 is 0 Å². The Morgan fingerprint density at radius 3 is 2.86 bits per heavy atom. The van der Waals surface area contributed by atoms with Crippen LogP contribution in [0.5, 0.6) is 5.75 Å². The Morgan fingerprint density at radius 1 is 1.39 bits per heavy atom. The normalized spacial score (nSPS) is 11.4. The van der Waals surface area contributed by atoms with E-state index in [0.29, 0.717) is 17.2 Å². The molecule has 3 rings (SSSR count). The number of rotatable bonds is 5. The Kier molecular flexibility index (Phi) is 5.78. The number of amides is 1. The minimum absolute atomic E-state index is 0.0458. The summed E-state index contributed by atoms with van der Waals surface area (Å²) in [6, 6.07) is 9.15. The smallest absolute Gasteiger partial charge is 0.281 e. The number of ether oxygens (including phenoxy) is 1. The number of terminal acetylenes is 1. The SMILES string of the molecule is C#CCn1c(=NC(=O)c2cc([N+](=O)[O-])ccc2Cl)sc2cc(OCC)ccc21. The maximum atomic E-state index is 12.7. The maximum absolute atomic E-state index is 12.7. The zero-order chi connectivity index (χ0) is 20.3. The number of halogens is 1. The lowest BCUT2D eigenvalue weighted by atomic mass is 10.2. The number of aromatic nitrogens is 1. The van der Waals surface area contributed by atoms with Crippen molar-refractivity contribution in [2.45, 2.75) is 13.5 Å². The number of hydrogen-bond donors (Lipinski definition) is 0. The minimum Gasteiger partial charge on any atom is -0.494 e. The molecule has 28 heavy (non-hydrogen) atoms. The quantitative estimate of drug-likeness (QED) is 0.357. The van der Waals surface area contributed by atoms with Crippen molar-refractivity contribution in [1.82, 2.24) is 4.57 Å². The molecule has 0 spiro atoms. The van der Waals surface area contributed by atoms with E-state index in [4.69, 9.17) is 22.8 Å². The van der Waals surface area contributed by atoms with Gasteiger partial charge >= 0.3 is 0 Å². The van der Waals surface area contributed by atoms with Gasteiger partial charge in [-0.2, -0.15) is 4.99 Å². The standard InChI is InChI=1S/C19H14ClN3O4S/c1-3-9-22-16-8-6-13(27-4-2)11-17(16)28-19(22)21-18(24)14-10-12(23(25)26)5-7-15(14)20/h1,5-8,10-11H,4,9H2,2H3. The van der Waals surface area contributed by atoms with E-state index in [1.54, 1.807) is 4.57 Å². The number of non-ortho nitro benzene ring substituents is 1. The number of nitrogens with zero attached hydrogens (tertiary/aromatic N) is 3. The fraction of sp³-hybridized carbons (Fsp3) is 0.158. The van der Waals surface area contributed by atoms with Crippen LogP contribution in [0.15, 0.2) is 41.4 Å². The first kappa shape index (κ1) is 19.6. The first-order valence-electron chi connectivity index (χ1n) is 8.17. The predicted molar refractivity (Wildman–Crippen MR) is 108 cm³/mol. The van der Waals surface area contributed by atoms with Crippen LogP contribution in [0.1, 0.15) is 17.3 Å². The van der Waals surface area contributed by atoms with Gasteiger partial charge in [-0.15, -0.1) is 6.42 Å². The van der Waals surface area contributed by atoms with Crippen molar-refractivity contribution < 1.29 is 14.5 Å². The fourth-order valence-electron chi connectivity index (χ4n) is 2.58. The monoisotopic (exact) mass is 415 g/mol. The van der Waals surface area contributed by atoms with Crippen LogP contribution in [-0.4, -0.2) is 22.0 Å². The maximum Gasteiger partial charge on any atom is 0.281 e. The van der Waals surface area contributed by atoms with Crippen LogP contribution in [-0.2, 0) is 6.54 Å². The third kappa shape index (κ3) is 3.91. The zero-order valence-electron chi connectivity index (χ0n) is 14.7. The van der Waals surface area contributed by atoms with Gasteiger partial charge in [-0.25, -0.2) is 0 Å². The van der Waals surface area contributed by atoms with Gasteiger partial charge in [-0.1, -0.05) is 28.9 Å². The van der Waals surface area contributed by atoms with E-state index in [1.807, 2.05) is 25.1 Å². The number of nitro groups is 1. The van der Waals surface area contributed by atoms with Crippen LogP contribution >= 0.6 is 22.9 Å². The Bertz CT molecular complexity index is 1190. The fourth-order valence-corrected chi connectivity index (χ4v) is 3.83. The van der Waals surface area contributed by atoms with Gasteiger partial charge in [-0.3, -0.25) is 14.9 Å². The highest BCUT2D eigenvalue weighted by atomic mass is 35.5. The van der Waals surface area contributed by atoms with Gasteiger partial charge in [-0.05, 0) is 31.2 Å². The zero-order valence-corrected chi connectivity index (χ0v) is 16.3. The first-order chi connectivity index (χ1) is 13.4. The van der Waals surface area contributed by atoms with Crippen molar-refractivity contribution in [3.63, 3.8) is 0 Å². The molecule has 0 bridgehead atoms. The highest BCUT2D eigenvalue weighted by Crippen LogP contribution is 2.25. The van der Waals surface area contributed by atoms with E-state index in [9.17, 15) is 14.9 Å². The lowest BCUT2D eigenvalue weighted by Gasteiger charge is -2.03. The van der Waals surface area contributed by atoms with E-state index in [2.05, 4.69) is 10.9 Å². The summed E-state index contributed by atoms with van der Waals surface area (Å²) < 4.78 is 8.07. The molecule has 0 saturated carbocycles. The Hall–Kier alpha value is -3.15. The number of hydrogen-bond acceptors (Lipinski definition) is 5. The van der Waals surface area contributed by atoms with Gasteiger partial charge in [0.05, 0.1) is 38.9 Å². The lowest BCUT2D eigenvalue weighted by Crippen LogP contribution is -2.16. The van der Waals surface area contributed by atoms with Gasteiger partial charge in [0.2, 0.25) is 0 Å². The van der Waals surface area contributed by atoms with Gasteiger partial charge in [0, 0.05) is 12.1 Å². The number of benzene rings is 2. The van der Waals surface area contributed by atoms with E-state index in [0.717, 1.165) is 16.3 Å². The van der Waals surface area contributed by atoms with E-state index in [-0.39, 0.29) is 22.8 Å². The average molecular weight is 416 g/mol. The molecule has 0 fully saturated rings. The topological polar surface area (TPSA) is 86.7 Å². The molecular weight excluding hydrogens is 402 g/mol. The van der Waals surface area contributed by atoms with Crippen molar-refractivity contribution >= 4 is 44.7 Å². The predicted octanol–water partition coefficient (Wildman–Crippen LogP) is 4.04. The highest BCUT2D eigenvalue weighted by molar-refractivity contribution is 7.16.